The average molecular weight is 361 g/mol. The molecule has 2 heterocycles. The van der Waals surface area contributed by atoms with Gasteiger partial charge in [-0.25, -0.2) is 0 Å². The summed E-state index contributed by atoms with van der Waals surface area (Å²) in [4.78, 5) is 17.0. The molecule has 0 bridgehead atoms. The molecule has 0 unspecified atom stereocenters. The molecule has 0 saturated heterocycles. The van der Waals surface area contributed by atoms with Gasteiger partial charge in [-0.3, -0.25) is 14.9 Å². The minimum absolute atomic E-state index is 0.128. The second-order valence-electron chi connectivity index (χ2n) is 6.89. The van der Waals surface area contributed by atoms with E-state index in [1.807, 2.05) is 18.2 Å². The largest absolute Gasteiger partial charge is 0.397 e. The van der Waals surface area contributed by atoms with Crippen LogP contribution in [-0.4, -0.2) is 21.1 Å². The normalized spacial score (nSPS) is 13.6. The Morgan fingerprint density at radius 3 is 2.93 bits per heavy atom. The molecule has 6 heteroatoms. The summed E-state index contributed by atoms with van der Waals surface area (Å²) in [6.45, 7) is 0.431. The van der Waals surface area contributed by atoms with Crippen LogP contribution in [0, 0.1) is 0 Å². The molecule has 3 aromatic rings. The molecule has 4 rings (SSSR count). The number of carbonyl (C=O) groups excluding carboxylic acids is 1. The zero-order valence-corrected chi connectivity index (χ0v) is 15.2. The van der Waals surface area contributed by atoms with Crippen LogP contribution in [0.4, 0.5) is 5.69 Å². The zero-order chi connectivity index (χ0) is 18.6. The van der Waals surface area contributed by atoms with Crippen molar-refractivity contribution in [2.75, 3.05) is 5.73 Å². The lowest BCUT2D eigenvalue weighted by Crippen LogP contribution is -2.23. The Balaban J connectivity index is 1.49. The maximum absolute atomic E-state index is 12.6. The second-order valence-corrected chi connectivity index (χ2v) is 6.89. The number of nitrogens with zero attached hydrogens (tertiary/aromatic N) is 2. The van der Waals surface area contributed by atoms with Crippen molar-refractivity contribution in [1.29, 1.82) is 0 Å². The summed E-state index contributed by atoms with van der Waals surface area (Å²) in [5.41, 5.74) is 12.1. The monoisotopic (exact) mass is 361 g/mol. The topological polar surface area (TPSA) is 96.7 Å². The number of rotatable bonds is 4. The highest BCUT2D eigenvalue weighted by atomic mass is 16.1. The third-order valence-electron chi connectivity index (χ3n) is 5.05. The number of nitrogens with two attached hydrogens (primary N) is 1. The zero-order valence-electron chi connectivity index (χ0n) is 15.2. The molecular weight excluding hydrogens is 338 g/mol. The number of hydrogen-bond acceptors (Lipinski definition) is 4. The van der Waals surface area contributed by atoms with Gasteiger partial charge in [-0.2, -0.15) is 5.10 Å². The molecule has 0 atom stereocenters. The van der Waals surface area contributed by atoms with Gasteiger partial charge >= 0.3 is 0 Å². The van der Waals surface area contributed by atoms with Gasteiger partial charge in [-0.05, 0) is 55.5 Å². The number of nitrogen functional groups attached to an aromatic ring is 1. The minimum Gasteiger partial charge on any atom is -0.397 e. The fourth-order valence-corrected chi connectivity index (χ4v) is 3.61. The van der Waals surface area contributed by atoms with Crippen LogP contribution in [0.1, 0.15) is 46.6 Å². The van der Waals surface area contributed by atoms with Crippen LogP contribution < -0.4 is 11.1 Å². The van der Waals surface area contributed by atoms with Crippen molar-refractivity contribution in [3.8, 4) is 11.3 Å². The Bertz CT molecular complexity index is 963. The first kappa shape index (κ1) is 17.3. The van der Waals surface area contributed by atoms with E-state index in [2.05, 4.69) is 20.5 Å². The van der Waals surface area contributed by atoms with Gasteiger partial charge in [0.2, 0.25) is 0 Å². The number of pyridine rings is 1. The van der Waals surface area contributed by atoms with Gasteiger partial charge in [-0.1, -0.05) is 18.6 Å². The number of nitrogens with one attached hydrogen (secondary N) is 2. The van der Waals surface area contributed by atoms with E-state index in [0.717, 1.165) is 24.1 Å². The van der Waals surface area contributed by atoms with Crippen molar-refractivity contribution in [3.05, 3.63) is 65.1 Å². The molecule has 0 saturated carbocycles. The van der Waals surface area contributed by atoms with Crippen LogP contribution in [0.2, 0.25) is 0 Å². The summed E-state index contributed by atoms with van der Waals surface area (Å²) in [5.74, 6) is -0.128. The van der Waals surface area contributed by atoms with Crippen molar-refractivity contribution in [2.45, 2.75) is 38.6 Å². The number of aryl methyl sites for hydroxylation is 1. The van der Waals surface area contributed by atoms with E-state index >= 15 is 0 Å². The maximum atomic E-state index is 12.6. The first-order valence-electron chi connectivity index (χ1n) is 9.36. The average Bonchev–Trinajstić information content (AvgIpc) is 2.92. The number of carbonyl (C=O) groups is 1. The lowest BCUT2D eigenvalue weighted by atomic mass is 10.1. The van der Waals surface area contributed by atoms with E-state index < -0.39 is 0 Å². The number of aromatic nitrogens is 3. The number of hydrogen-bond donors (Lipinski definition) is 3. The molecule has 1 aromatic carbocycles. The molecule has 138 valence electrons. The molecule has 6 nitrogen and oxygen atoms in total. The molecule has 4 N–H and O–H groups in total. The molecule has 0 aliphatic heterocycles. The number of anilines is 1. The first-order valence-corrected chi connectivity index (χ1v) is 9.36. The van der Waals surface area contributed by atoms with E-state index in [9.17, 15) is 4.79 Å². The number of aromatic amines is 1. The van der Waals surface area contributed by atoms with Crippen molar-refractivity contribution in [2.24, 2.45) is 0 Å². The summed E-state index contributed by atoms with van der Waals surface area (Å²) in [7, 11) is 0. The van der Waals surface area contributed by atoms with Gasteiger partial charge < -0.3 is 11.1 Å². The number of H-pyrrole nitrogens is 1. The van der Waals surface area contributed by atoms with Crippen LogP contribution in [-0.2, 0) is 19.4 Å². The molecule has 27 heavy (non-hydrogen) atoms. The standard InChI is InChI=1S/C21H23N5O/c22-17-9-5-11-23-20(17)14-6-4-7-15(12-14)21(27)24-13-19-16-8-2-1-3-10-18(16)25-26-19/h4-7,9,11-12H,1-3,8,10,13,22H2,(H,24,27)(H,25,26). The highest BCUT2D eigenvalue weighted by molar-refractivity contribution is 5.95. The summed E-state index contributed by atoms with van der Waals surface area (Å²) in [6, 6.07) is 11.0. The Labute approximate surface area is 158 Å². The third kappa shape index (κ3) is 3.69. The van der Waals surface area contributed by atoms with Gasteiger partial charge in [0.25, 0.3) is 5.91 Å². The van der Waals surface area contributed by atoms with E-state index in [1.165, 1.54) is 30.5 Å². The number of fused-ring (bicyclic) bond motifs is 1. The highest BCUT2D eigenvalue weighted by Gasteiger charge is 2.16. The van der Waals surface area contributed by atoms with Gasteiger partial charge in [0.05, 0.1) is 23.6 Å². The van der Waals surface area contributed by atoms with Crippen molar-refractivity contribution >= 4 is 11.6 Å². The van der Waals surface area contributed by atoms with Crippen molar-refractivity contribution in [1.82, 2.24) is 20.5 Å². The quantitative estimate of drug-likeness (QED) is 0.622. The first-order chi connectivity index (χ1) is 13.2. The van der Waals surface area contributed by atoms with E-state index in [-0.39, 0.29) is 5.91 Å². The Morgan fingerprint density at radius 2 is 2.04 bits per heavy atom. The maximum Gasteiger partial charge on any atom is 0.251 e. The molecule has 1 aliphatic carbocycles. The van der Waals surface area contributed by atoms with E-state index in [0.29, 0.717) is 23.5 Å². The fraction of sp³-hybridized carbons (Fsp3) is 0.286. The van der Waals surface area contributed by atoms with Crippen LogP contribution in [0.3, 0.4) is 0 Å². The lowest BCUT2D eigenvalue weighted by molar-refractivity contribution is 0.0950. The Morgan fingerprint density at radius 1 is 1.15 bits per heavy atom. The van der Waals surface area contributed by atoms with E-state index in [4.69, 9.17) is 5.73 Å². The lowest BCUT2D eigenvalue weighted by Gasteiger charge is -2.08. The number of amides is 1. The van der Waals surface area contributed by atoms with Crippen LogP contribution in [0.5, 0.6) is 0 Å². The van der Waals surface area contributed by atoms with E-state index in [1.54, 1.807) is 24.4 Å². The van der Waals surface area contributed by atoms with Crippen molar-refractivity contribution in [3.63, 3.8) is 0 Å². The number of benzene rings is 1. The smallest absolute Gasteiger partial charge is 0.251 e. The summed E-state index contributed by atoms with van der Waals surface area (Å²) in [5, 5.41) is 10.6. The molecule has 0 radical (unpaired) electrons. The molecule has 0 fully saturated rings. The second kappa shape index (κ2) is 7.61. The molecular formula is C21H23N5O. The van der Waals surface area contributed by atoms with Gasteiger partial charge in [0.15, 0.2) is 0 Å². The SMILES string of the molecule is Nc1cccnc1-c1cccc(C(=O)NCc2n[nH]c3c2CCCCC3)c1. The van der Waals surface area contributed by atoms with Crippen LogP contribution in [0.25, 0.3) is 11.3 Å². The van der Waals surface area contributed by atoms with Crippen LogP contribution in [0.15, 0.2) is 42.6 Å². The fourth-order valence-electron chi connectivity index (χ4n) is 3.61. The molecule has 0 spiro atoms. The van der Waals surface area contributed by atoms with Crippen LogP contribution >= 0.6 is 0 Å². The summed E-state index contributed by atoms with van der Waals surface area (Å²) < 4.78 is 0. The molecule has 2 aromatic heterocycles. The Hall–Kier alpha value is -3.15. The van der Waals surface area contributed by atoms with Gasteiger partial charge in [0, 0.05) is 23.0 Å². The minimum atomic E-state index is -0.128. The van der Waals surface area contributed by atoms with Gasteiger partial charge in [-0.15, -0.1) is 0 Å². The molecule has 1 aliphatic rings. The predicted octanol–water partition coefficient (Wildman–Crippen LogP) is 3.25. The summed E-state index contributed by atoms with van der Waals surface area (Å²) in [6.07, 6.45) is 7.40. The third-order valence-corrected chi connectivity index (χ3v) is 5.05. The van der Waals surface area contributed by atoms with Gasteiger partial charge in [0.1, 0.15) is 0 Å². The summed E-state index contributed by atoms with van der Waals surface area (Å²) >= 11 is 0. The van der Waals surface area contributed by atoms with Crippen molar-refractivity contribution < 1.29 is 4.79 Å². The predicted molar refractivity (Wildman–Crippen MR) is 105 cm³/mol. The highest BCUT2D eigenvalue weighted by Crippen LogP contribution is 2.24. The molecule has 1 amide bonds. The Kier molecular flexibility index (Phi) is 4.87.